The van der Waals surface area contributed by atoms with Crippen LogP contribution in [0.4, 0.5) is 4.39 Å². The first kappa shape index (κ1) is 12.2. The van der Waals surface area contributed by atoms with E-state index in [9.17, 15) is 9.18 Å². The normalized spacial score (nSPS) is 10.4. The van der Waals surface area contributed by atoms with E-state index in [2.05, 4.69) is 15.2 Å². The number of carbonyl (C=O) groups excluding carboxylic acids is 1. The lowest BCUT2D eigenvalue weighted by atomic mass is 10.1. The van der Waals surface area contributed by atoms with Crippen molar-refractivity contribution >= 4 is 5.91 Å². The number of aromatic nitrogens is 3. The third-order valence-electron chi connectivity index (χ3n) is 2.62. The molecule has 0 aliphatic rings. The fourth-order valence-corrected chi connectivity index (χ4v) is 1.62. The SMILES string of the molecule is Cc1cccc(C(=O)N(C)Cc2ncn[nH]2)c1F. The lowest BCUT2D eigenvalue weighted by Crippen LogP contribution is -2.27. The van der Waals surface area contributed by atoms with Crippen molar-refractivity contribution in [3.05, 3.63) is 47.3 Å². The summed E-state index contributed by atoms with van der Waals surface area (Å²) in [6.45, 7) is 1.88. The molecule has 0 spiro atoms. The zero-order valence-electron chi connectivity index (χ0n) is 10.1. The lowest BCUT2D eigenvalue weighted by Gasteiger charge is -2.16. The minimum absolute atomic E-state index is 0.0667. The molecule has 0 saturated heterocycles. The highest BCUT2D eigenvalue weighted by Crippen LogP contribution is 2.14. The van der Waals surface area contributed by atoms with Crippen molar-refractivity contribution in [3.8, 4) is 0 Å². The van der Waals surface area contributed by atoms with Crippen LogP contribution in [0.3, 0.4) is 0 Å². The molecule has 6 heteroatoms. The number of H-pyrrole nitrogens is 1. The molecular weight excluding hydrogens is 235 g/mol. The molecule has 1 amide bonds. The van der Waals surface area contributed by atoms with Gasteiger partial charge < -0.3 is 4.90 Å². The van der Waals surface area contributed by atoms with E-state index in [1.165, 1.54) is 17.3 Å². The van der Waals surface area contributed by atoms with Gasteiger partial charge in [0.2, 0.25) is 0 Å². The first-order chi connectivity index (χ1) is 8.59. The maximum Gasteiger partial charge on any atom is 0.256 e. The summed E-state index contributed by atoms with van der Waals surface area (Å²) in [5.41, 5.74) is 0.519. The predicted octanol–water partition coefficient (Wildman–Crippen LogP) is 1.52. The monoisotopic (exact) mass is 248 g/mol. The molecule has 0 unspecified atom stereocenters. The Hall–Kier alpha value is -2.24. The molecule has 0 radical (unpaired) electrons. The van der Waals surface area contributed by atoms with Gasteiger partial charge in [0.25, 0.3) is 5.91 Å². The highest BCUT2D eigenvalue weighted by atomic mass is 19.1. The number of rotatable bonds is 3. The molecule has 0 atom stereocenters. The van der Waals surface area contributed by atoms with Crippen LogP contribution in [-0.2, 0) is 6.54 Å². The van der Waals surface area contributed by atoms with Crippen molar-refractivity contribution in [3.63, 3.8) is 0 Å². The van der Waals surface area contributed by atoms with E-state index >= 15 is 0 Å². The van der Waals surface area contributed by atoms with Gasteiger partial charge in [-0.25, -0.2) is 9.37 Å². The van der Waals surface area contributed by atoms with Gasteiger partial charge in [-0.2, -0.15) is 5.10 Å². The van der Waals surface area contributed by atoms with Crippen LogP contribution < -0.4 is 0 Å². The number of hydrogen-bond acceptors (Lipinski definition) is 3. The Morgan fingerprint density at radius 2 is 2.28 bits per heavy atom. The number of nitrogens with zero attached hydrogens (tertiary/aromatic N) is 3. The second-order valence-electron chi connectivity index (χ2n) is 4.03. The van der Waals surface area contributed by atoms with Crippen molar-refractivity contribution in [2.24, 2.45) is 0 Å². The van der Waals surface area contributed by atoms with Crippen LogP contribution in [0, 0.1) is 12.7 Å². The molecule has 0 aliphatic carbocycles. The Labute approximate surface area is 104 Å². The van der Waals surface area contributed by atoms with Crippen molar-refractivity contribution in [2.45, 2.75) is 13.5 Å². The summed E-state index contributed by atoms with van der Waals surface area (Å²) in [6.07, 6.45) is 1.36. The quantitative estimate of drug-likeness (QED) is 0.895. The summed E-state index contributed by atoms with van der Waals surface area (Å²) in [4.78, 5) is 17.4. The van der Waals surface area contributed by atoms with E-state index in [0.717, 1.165) is 0 Å². The number of carbonyl (C=O) groups is 1. The predicted molar refractivity (Wildman–Crippen MR) is 63.3 cm³/mol. The number of halogens is 1. The summed E-state index contributed by atoms with van der Waals surface area (Å²) in [7, 11) is 1.59. The first-order valence-electron chi connectivity index (χ1n) is 5.44. The Morgan fingerprint density at radius 1 is 1.50 bits per heavy atom. The average Bonchev–Trinajstić information content (AvgIpc) is 2.84. The molecule has 2 rings (SSSR count). The minimum atomic E-state index is -0.480. The number of amides is 1. The molecular formula is C12H13FN4O. The first-order valence-corrected chi connectivity index (χ1v) is 5.44. The third-order valence-corrected chi connectivity index (χ3v) is 2.62. The van der Waals surface area contributed by atoms with E-state index in [1.807, 2.05) is 0 Å². The molecule has 94 valence electrons. The van der Waals surface area contributed by atoms with Gasteiger partial charge in [0.15, 0.2) is 0 Å². The maximum absolute atomic E-state index is 13.8. The number of nitrogens with one attached hydrogen (secondary N) is 1. The van der Waals surface area contributed by atoms with Crippen LogP contribution in [0.5, 0.6) is 0 Å². The Bertz CT molecular complexity index is 553. The fourth-order valence-electron chi connectivity index (χ4n) is 1.62. The molecule has 18 heavy (non-hydrogen) atoms. The summed E-state index contributed by atoms with van der Waals surface area (Å²) in [5.74, 6) is -0.307. The molecule has 1 N–H and O–H groups in total. The zero-order chi connectivity index (χ0) is 13.1. The van der Waals surface area contributed by atoms with E-state index < -0.39 is 5.82 Å². The Balaban J connectivity index is 2.18. The second kappa shape index (κ2) is 4.95. The lowest BCUT2D eigenvalue weighted by molar-refractivity contribution is 0.0777. The molecule has 1 heterocycles. The molecule has 2 aromatic rings. The van der Waals surface area contributed by atoms with Gasteiger partial charge in [0.1, 0.15) is 18.0 Å². The van der Waals surface area contributed by atoms with Gasteiger partial charge in [0.05, 0.1) is 12.1 Å². The molecule has 5 nitrogen and oxygen atoms in total. The summed E-state index contributed by atoms with van der Waals surface area (Å²) < 4.78 is 13.8. The number of benzene rings is 1. The maximum atomic E-state index is 13.8. The van der Waals surface area contributed by atoms with Crippen LogP contribution in [-0.4, -0.2) is 33.0 Å². The van der Waals surface area contributed by atoms with Gasteiger partial charge in [-0.3, -0.25) is 9.89 Å². The molecule has 1 aromatic heterocycles. The van der Waals surface area contributed by atoms with Crippen LogP contribution in [0.2, 0.25) is 0 Å². The number of aromatic amines is 1. The molecule has 0 bridgehead atoms. The standard InChI is InChI=1S/C12H13FN4O/c1-8-4-3-5-9(11(8)13)12(18)17(2)6-10-14-7-15-16-10/h3-5,7H,6H2,1-2H3,(H,14,15,16). The highest BCUT2D eigenvalue weighted by molar-refractivity contribution is 5.94. The van der Waals surface area contributed by atoms with Crippen LogP contribution >= 0.6 is 0 Å². The van der Waals surface area contributed by atoms with Crippen molar-refractivity contribution in [1.82, 2.24) is 20.1 Å². The minimum Gasteiger partial charge on any atom is -0.334 e. The Morgan fingerprint density at radius 3 is 2.94 bits per heavy atom. The van der Waals surface area contributed by atoms with E-state index in [0.29, 0.717) is 11.4 Å². The number of hydrogen-bond donors (Lipinski definition) is 1. The summed E-state index contributed by atoms with van der Waals surface area (Å²) in [6, 6.07) is 4.76. The van der Waals surface area contributed by atoms with Crippen LogP contribution in [0.25, 0.3) is 0 Å². The molecule has 0 fully saturated rings. The topological polar surface area (TPSA) is 61.9 Å². The largest absolute Gasteiger partial charge is 0.334 e. The van der Waals surface area contributed by atoms with Gasteiger partial charge in [-0.05, 0) is 18.6 Å². The van der Waals surface area contributed by atoms with Gasteiger partial charge in [-0.1, -0.05) is 12.1 Å². The highest BCUT2D eigenvalue weighted by Gasteiger charge is 2.17. The van der Waals surface area contributed by atoms with E-state index in [1.54, 1.807) is 26.1 Å². The number of aryl methyl sites for hydroxylation is 1. The third kappa shape index (κ3) is 2.37. The second-order valence-corrected chi connectivity index (χ2v) is 4.03. The van der Waals surface area contributed by atoms with Gasteiger partial charge in [0, 0.05) is 7.05 Å². The van der Waals surface area contributed by atoms with Gasteiger partial charge in [-0.15, -0.1) is 0 Å². The fraction of sp³-hybridized carbons (Fsp3) is 0.250. The van der Waals surface area contributed by atoms with Crippen LogP contribution in [0.15, 0.2) is 24.5 Å². The van der Waals surface area contributed by atoms with Crippen molar-refractivity contribution in [2.75, 3.05) is 7.05 Å². The summed E-state index contributed by atoms with van der Waals surface area (Å²) in [5, 5.41) is 6.34. The van der Waals surface area contributed by atoms with Crippen LogP contribution in [0.1, 0.15) is 21.7 Å². The average molecular weight is 248 g/mol. The smallest absolute Gasteiger partial charge is 0.256 e. The Kier molecular flexibility index (Phi) is 3.36. The zero-order valence-corrected chi connectivity index (χ0v) is 10.1. The van der Waals surface area contributed by atoms with Crippen molar-refractivity contribution in [1.29, 1.82) is 0 Å². The molecule has 0 aliphatic heterocycles. The van der Waals surface area contributed by atoms with Gasteiger partial charge >= 0.3 is 0 Å². The van der Waals surface area contributed by atoms with Crippen molar-refractivity contribution < 1.29 is 9.18 Å². The molecule has 1 aromatic carbocycles. The summed E-state index contributed by atoms with van der Waals surface area (Å²) >= 11 is 0. The van der Waals surface area contributed by atoms with E-state index in [-0.39, 0.29) is 18.0 Å². The molecule has 0 saturated carbocycles. The van der Waals surface area contributed by atoms with E-state index in [4.69, 9.17) is 0 Å².